The highest BCUT2D eigenvalue weighted by atomic mass is 35.5. The van der Waals surface area contributed by atoms with Gasteiger partial charge in [-0.3, -0.25) is 4.79 Å². The SMILES string of the molecule is COc1ccc(C(=O)C(Nc2ccc(Cl)c(Cl)c2)c2ccccc2)cc1. The van der Waals surface area contributed by atoms with Crippen LogP contribution in [0.5, 0.6) is 5.75 Å². The van der Waals surface area contributed by atoms with Crippen molar-refractivity contribution >= 4 is 34.7 Å². The lowest BCUT2D eigenvalue weighted by Crippen LogP contribution is -2.21. The molecule has 5 heteroatoms. The molecule has 0 aliphatic rings. The van der Waals surface area contributed by atoms with Crippen molar-refractivity contribution in [1.29, 1.82) is 0 Å². The molecule has 0 saturated carbocycles. The van der Waals surface area contributed by atoms with Crippen molar-refractivity contribution in [3.05, 3.63) is 94.0 Å². The van der Waals surface area contributed by atoms with Crippen molar-refractivity contribution in [3.8, 4) is 5.75 Å². The molecule has 0 radical (unpaired) electrons. The van der Waals surface area contributed by atoms with Crippen molar-refractivity contribution in [2.75, 3.05) is 12.4 Å². The summed E-state index contributed by atoms with van der Waals surface area (Å²) in [6, 6.07) is 21.3. The fourth-order valence-corrected chi connectivity index (χ4v) is 2.92. The van der Waals surface area contributed by atoms with Crippen LogP contribution in [0.15, 0.2) is 72.8 Å². The van der Waals surface area contributed by atoms with Gasteiger partial charge >= 0.3 is 0 Å². The van der Waals surface area contributed by atoms with E-state index in [1.807, 2.05) is 30.3 Å². The average Bonchev–Trinajstić information content (AvgIpc) is 2.69. The zero-order chi connectivity index (χ0) is 18.5. The summed E-state index contributed by atoms with van der Waals surface area (Å²) in [6.07, 6.45) is 0. The molecule has 0 fully saturated rings. The van der Waals surface area contributed by atoms with Gasteiger partial charge in [-0.05, 0) is 48.0 Å². The first-order valence-electron chi connectivity index (χ1n) is 8.03. The summed E-state index contributed by atoms with van der Waals surface area (Å²) in [7, 11) is 1.59. The first kappa shape index (κ1) is 18.3. The van der Waals surface area contributed by atoms with Gasteiger partial charge < -0.3 is 10.1 Å². The molecular formula is C21H17Cl2NO2. The van der Waals surface area contributed by atoms with Crippen LogP contribution >= 0.6 is 23.2 Å². The van der Waals surface area contributed by atoms with Crippen molar-refractivity contribution in [1.82, 2.24) is 0 Å². The lowest BCUT2D eigenvalue weighted by Gasteiger charge is -2.20. The molecule has 1 atom stereocenters. The van der Waals surface area contributed by atoms with Gasteiger partial charge in [-0.2, -0.15) is 0 Å². The smallest absolute Gasteiger partial charge is 0.189 e. The van der Waals surface area contributed by atoms with Crippen LogP contribution in [0, 0.1) is 0 Å². The Morgan fingerprint density at radius 1 is 0.923 bits per heavy atom. The molecule has 1 unspecified atom stereocenters. The summed E-state index contributed by atoms with van der Waals surface area (Å²) in [5, 5.41) is 4.16. The Hall–Kier alpha value is -2.49. The second kappa shape index (κ2) is 8.26. The van der Waals surface area contributed by atoms with Gasteiger partial charge in [0, 0.05) is 11.3 Å². The van der Waals surface area contributed by atoms with Gasteiger partial charge in [0.05, 0.1) is 17.2 Å². The van der Waals surface area contributed by atoms with E-state index >= 15 is 0 Å². The monoisotopic (exact) mass is 385 g/mol. The number of anilines is 1. The predicted octanol–water partition coefficient (Wildman–Crippen LogP) is 6.04. The van der Waals surface area contributed by atoms with Gasteiger partial charge in [0.2, 0.25) is 0 Å². The number of carbonyl (C=O) groups excluding carboxylic acids is 1. The van der Waals surface area contributed by atoms with Gasteiger partial charge in [-0.15, -0.1) is 0 Å². The number of carbonyl (C=O) groups is 1. The topological polar surface area (TPSA) is 38.3 Å². The number of benzene rings is 3. The first-order valence-corrected chi connectivity index (χ1v) is 8.79. The summed E-state index contributed by atoms with van der Waals surface area (Å²) >= 11 is 12.1. The van der Waals surface area contributed by atoms with Crippen LogP contribution in [0.4, 0.5) is 5.69 Å². The zero-order valence-electron chi connectivity index (χ0n) is 14.1. The van der Waals surface area contributed by atoms with Crippen molar-refractivity contribution in [2.45, 2.75) is 6.04 Å². The molecule has 0 bridgehead atoms. The number of ether oxygens (including phenoxy) is 1. The molecule has 0 aliphatic heterocycles. The highest BCUT2D eigenvalue weighted by Gasteiger charge is 2.22. The molecule has 132 valence electrons. The number of hydrogen-bond acceptors (Lipinski definition) is 3. The number of ketones is 1. The number of Topliss-reactive ketones (excluding diaryl/α,β-unsaturated/α-hetero) is 1. The molecule has 3 aromatic rings. The van der Waals surface area contributed by atoms with E-state index in [1.54, 1.807) is 49.6 Å². The molecular weight excluding hydrogens is 369 g/mol. The summed E-state index contributed by atoms with van der Waals surface area (Å²) in [4.78, 5) is 13.1. The summed E-state index contributed by atoms with van der Waals surface area (Å²) in [5.41, 5.74) is 2.17. The molecule has 26 heavy (non-hydrogen) atoms. The molecule has 0 spiro atoms. The molecule has 1 N–H and O–H groups in total. The average molecular weight is 386 g/mol. The lowest BCUT2D eigenvalue weighted by atomic mass is 9.97. The molecule has 0 aliphatic carbocycles. The van der Waals surface area contributed by atoms with E-state index in [-0.39, 0.29) is 5.78 Å². The first-order chi connectivity index (χ1) is 12.6. The molecule has 0 aromatic heterocycles. The maximum atomic E-state index is 13.1. The van der Waals surface area contributed by atoms with Gasteiger partial charge in [-0.1, -0.05) is 53.5 Å². The molecule has 0 heterocycles. The third-order valence-electron chi connectivity index (χ3n) is 4.00. The molecule has 0 amide bonds. The minimum Gasteiger partial charge on any atom is -0.497 e. The Balaban J connectivity index is 1.94. The largest absolute Gasteiger partial charge is 0.497 e. The maximum absolute atomic E-state index is 13.1. The zero-order valence-corrected chi connectivity index (χ0v) is 15.6. The highest BCUT2D eigenvalue weighted by Crippen LogP contribution is 2.29. The van der Waals surface area contributed by atoms with Gasteiger partial charge in [0.15, 0.2) is 5.78 Å². The number of rotatable bonds is 6. The van der Waals surface area contributed by atoms with Crippen LogP contribution in [-0.2, 0) is 0 Å². The Bertz CT molecular complexity index is 896. The lowest BCUT2D eigenvalue weighted by molar-refractivity contribution is 0.0969. The van der Waals surface area contributed by atoms with Crippen molar-refractivity contribution < 1.29 is 9.53 Å². The van der Waals surface area contributed by atoms with Crippen molar-refractivity contribution in [3.63, 3.8) is 0 Å². The Morgan fingerprint density at radius 3 is 2.23 bits per heavy atom. The van der Waals surface area contributed by atoms with Crippen LogP contribution in [0.1, 0.15) is 22.0 Å². The minimum absolute atomic E-state index is 0.0510. The molecule has 0 saturated heterocycles. The summed E-state index contributed by atoms with van der Waals surface area (Å²) in [6.45, 7) is 0. The Labute approximate surface area is 162 Å². The van der Waals surface area contributed by atoms with Gasteiger partial charge in [-0.25, -0.2) is 0 Å². The quantitative estimate of drug-likeness (QED) is 0.525. The van der Waals surface area contributed by atoms with E-state index in [2.05, 4.69) is 5.32 Å². The van der Waals surface area contributed by atoms with E-state index in [9.17, 15) is 4.79 Å². The second-order valence-electron chi connectivity index (χ2n) is 5.71. The minimum atomic E-state index is -0.554. The maximum Gasteiger partial charge on any atom is 0.189 e. The second-order valence-corrected chi connectivity index (χ2v) is 6.52. The van der Waals surface area contributed by atoms with E-state index in [0.717, 1.165) is 11.3 Å². The molecule has 3 rings (SSSR count). The number of methoxy groups -OCH3 is 1. The normalized spacial score (nSPS) is 11.7. The third kappa shape index (κ3) is 4.18. The number of halogens is 2. The molecule has 3 nitrogen and oxygen atoms in total. The third-order valence-corrected chi connectivity index (χ3v) is 4.74. The predicted molar refractivity (Wildman–Crippen MR) is 107 cm³/mol. The van der Waals surface area contributed by atoms with E-state index in [1.165, 1.54) is 0 Å². The van der Waals surface area contributed by atoms with Crippen LogP contribution in [0.3, 0.4) is 0 Å². The Morgan fingerprint density at radius 2 is 1.62 bits per heavy atom. The van der Waals surface area contributed by atoms with Crippen LogP contribution in [-0.4, -0.2) is 12.9 Å². The van der Waals surface area contributed by atoms with Crippen LogP contribution in [0.2, 0.25) is 10.0 Å². The number of nitrogens with one attached hydrogen (secondary N) is 1. The van der Waals surface area contributed by atoms with E-state index in [4.69, 9.17) is 27.9 Å². The van der Waals surface area contributed by atoms with Crippen LogP contribution in [0.25, 0.3) is 0 Å². The summed E-state index contributed by atoms with van der Waals surface area (Å²) in [5.74, 6) is 0.653. The Kier molecular flexibility index (Phi) is 5.82. The van der Waals surface area contributed by atoms with Crippen molar-refractivity contribution in [2.24, 2.45) is 0 Å². The molecule has 3 aromatic carbocycles. The van der Waals surface area contributed by atoms with E-state index < -0.39 is 6.04 Å². The fraction of sp³-hybridized carbons (Fsp3) is 0.0952. The standard InChI is InChI=1S/C21H17Cl2NO2/c1-26-17-10-7-15(8-11-17)21(25)20(14-5-3-2-4-6-14)24-16-9-12-18(22)19(23)13-16/h2-13,20,24H,1H3. The van der Waals surface area contributed by atoms with Gasteiger partial charge in [0.1, 0.15) is 11.8 Å². The summed E-state index contributed by atoms with van der Waals surface area (Å²) < 4.78 is 5.16. The highest BCUT2D eigenvalue weighted by molar-refractivity contribution is 6.42. The number of hydrogen-bond donors (Lipinski definition) is 1. The van der Waals surface area contributed by atoms with E-state index in [0.29, 0.717) is 21.4 Å². The van der Waals surface area contributed by atoms with Crippen LogP contribution < -0.4 is 10.1 Å². The van der Waals surface area contributed by atoms with Gasteiger partial charge in [0.25, 0.3) is 0 Å². The fourth-order valence-electron chi connectivity index (χ4n) is 2.62.